The van der Waals surface area contributed by atoms with Crippen LogP contribution in [0.1, 0.15) is 47.9 Å². The number of allylic oxidation sites excluding steroid dienone is 16. The molecule has 0 amide bonds. The van der Waals surface area contributed by atoms with Crippen molar-refractivity contribution in [2.45, 2.75) is 38.8 Å². The molecule has 0 spiro atoms. The van der Waals surface area contributed by atoms with Gasteiger partial charge in [0.2, 0.25) is 0 Å². The van der Waals surface area contributed by atoms with E-state index in [4.69, 9.17) is 0 Å². The average molecular weight is 1240 g/mol. The van der Waals surface area contributed by atoms with Gasteiger partial charge in [-0.25, -0.2) is 24.3 Å². The third-order valence-corrected chi connectivity index (χ3v) is 18.3. The first kappa shape index (κ1) is 54.3. The summed E-state index contributed by atoms with van der Waals surface area (Å²) in [6.45, 7) is 4.73. The van der Waals surface area contributed by atoms with Crippen LogP contribution in [-0.2, 0) is 46.0 Å². The third kappa shape index (κ3) is 20.4. The van der Waals surface area contributed by atoms with Crippen molar-refractivity contribution in [1.29, 1.82) is 0 Å². The summed E-state index contributed by atoms with van der Waals surface area (Å²) in [4.78, 5) is 0. The van der Waals surface area contributed by atoms with E-state index in [1.807, 2.05) is 24.3 Å². The molecule has 316 valence electrons. The zero-order chi connectivity index (χ0) is 43.5. The molecule has 0 saturated carbocycles. The van der Waals surface area contributed by atoms with Crippen molar-refractivity contribution in [3.8, 4) is 0 Å². The first-order chi connectivity index (χ1) is 30.5. The Labute approximate surface area is 426 Å². The SMILES string of the molecule is C[Si](=[Hf+2])c1ccccc1.C[Si](=[Hf+2])c1ccccc1.Cl.Cl.[C-]1=CC(c2ccccc2)=CC1.[C-]1=CC(c2ccccc2)=CC1.[C-]1=CC(c2ccccc2)=CC1.[C-]1=CC(c2ccccc2)=CC1. The summed E-state index contributed by atoms with van der Waals surface area (Å²) in [5, 5.41) is 3.16. The number of halogens is 2. The van der Waals surface area contributed by atoms with Gasteiger partial charge in [-0.05, 0) is 0 Å². The van der Waals surface area contributed by atoms with Gasteiger partial charge < -0.3 is 0 Å². The molecule has 4 aliphatic rings. The van der Waals surface area contributed by atoms with Crippen LogP contribution in [0.5, 0.6) is 0 Å². The molecule has 4 aliphatic carbocycles. The van der Waals surface area contributed by atoms with E-state index in [1.165, 1.54) is 90.5 Å². The van der Waals surface area contributed by atoms with E-state index in [0.29, 0.717) is 0 Å². The molecule has 0 unspecified atom stereocenters. The van der Waals surface area contributed by atoms with Crippen molar-refractivity contribution in [2.24, 2.45) is 0 Å². The fraction of sp³-hybridized carbons (Fsp3) is 0.103. The molecule has 0 saturated heterocycles. The number of hydrogen-bond donors (Lipinski definition) is 0. The van der Waals surface area contributed by atoms with Gasteiger partial charge >= 0.3 is 141 Å². The average Bonchev–Trinajstić information content (AvgIpc) is 4.22. The fourth-order valence-corrected chi connectivity index (χ4v) is 11.3. The van der Waals surface area contributed by atoms with Crippen LogP contribution in [0.2, 0.25) is 13.1 Å². The molecular formula is C58H54Cl2Hf2Si2. The first-order valence-electron chi connectivity index (χ1n) is 21.0. The summed E-state index contributed by atoms with van der Waals surface area (Å²) in [6.07, 6.45) is 33.4. The van der Waals surface area contributed by atoms with Crippen LogP contribution in [-0.4, -0.2) is 11.0 Å². The Morgan fingerprint density at radius 1 is 0.312 bits per heavy atom. The Bertz CT molecular complexity index is 2210. The molecule has 6 aromatic rings. The molecule has 0 bridgehead atoms. The van der Waals surface area contributed by atoms with Crippen molar-refractivity contribution in [3.63, 3.8) is 0 Å². The zero-order valence-electron chi connectivity index (χ0n) is 36.6. The van der Waals surface area contributed by atoms with E-state index >= 15 is 0 Å². The van der Waals surface area contributed by atoms with Gasteiger partial charge in [0.05, 0.1) is 0 Å². The van der Waals surface area contributed by atoms with E-state index in [0.717, 1.165) is 25.7 Å². The normalized spacial score (nSPS) is 13.0. The molecule has 0 fully saturated rings. The van der Waals surface area contributed by atoms with Crippen LogP contribution in [0.25, 0.3) is 22.3 Å². The maximum atomic E-state index is 3.15. The molecule has 64 heavy (non-hydrogen) atoms. The second-order valence-corrected chi connectivity index (χ2v) is 34.1. The van der Waals surface area contributed by atoms with Crippen molar-refractivity contribution in [1.82, 2.24) is 0 Å². The Kier molecular flexibility index (Phi) is 27.7. The minimum absolute atomic E-state index is 0. The van der Waals surface area contributed by atoms with Crippen LogP contribution >= 0.6 is 24.8 Å². The maximum absolute atomic E-state index is 3.15. The standard InChI is InChI=1S/4C11H9.2C7H8Si.2ClH.2Hf/c4*1-2-6-10(7-3-1)11-8-4-5-9-11;2*1-8-7-5-3-2-4-6-7;;;;/h4*1-3,6-9H,4H2;2*2-6H,1H3;2*1H;;/q4*-1;;;;;2*+2. The molecule has 0 N–H and O–H groups in total. The minimum Gasteiger partial charge on any atom is -0.272 e. The second kappa shape index (κ2) is 32.6. The van der Waals surface area contributed by atoms with E-state index < -0.39 is 0 Å². The van der Waals surface area contributed by atoms with Gasteiger partial charge in [-0.2, -0.15) is 46.6 Å². The summed E-state index contributed by atoms with van der Waals surface area (Å²) in [6, 6.07) is 63.2. The molecule has 0 atom stereocenters. The maximum Gasteiger partial charge on any atom is -0.0623 e. The molecular weight excluding hydrogens is 1180 g/mol. The Hall–Kier alpha value is -4.01. The summed E-state index contributed by atoms with van der Waals surface area (Å²) in [5.74, 6) is 0. The Morgan fingerprint density at radius 3 is 0.641 bits per heavy atom. The minimum atomic E-state index is -0.0733. The van der Waals surface area contributed by atoms with Crippen LogP contribution in [0.4, 0.5) is 0 Å². The number of benzene rings is 6. The molecule has 0 aliphatic heterocycles. The molecule has 0 radical (unpaired) electrons. The van der Waals surface area contributed by atoms with Crippen LogP contribution in [0, 0.1) is 24.3 Å². The predicted molar refractivity (Wildman–Crippen MR) is 277 cm³/mol. The van der Waals surface area contributed by atoms with Gasteiger partial charge in [-0.3, -0.25) is 24.3 Å². The molecule has 0 heterocycles. The zero-order valence-corrected chi connectivity index (χ0v) is 47.4. The van der Waals surface area contributed by atoms with Gasteiger partial charge in [0.25, 0.3) is 0 Å². The Morgan fingerprint density at radius 2 is 0.500 bits per heavy atom. The van der Waals surface area contributed by atoms with E-state index in [-0.39, 0.29) is 35.8 Å². The molecule has 0 aromatic heterocycles. The summed E-state index contributed by atoms with van der Waals surface area (Å²) < 4.78 is 0. The topological polar surface area (TPSA) is 0 Å². The van der Waals surface area contributed by atoms with Gasteiger partial charge in [0, 0.05) is 0 Å². The largest absolute Gasteiger partial charge is 0.272 e. The molecule has 6 aromatic carbocycles. The van der Waals surface area contributed by atoms with Crippen molar-refractivity contribution >= 4 is 68.5 Å². The molecule has 0 nitrogen and oxygen atoms in total. The van der Waals surface area contributed by atoms with Gasteiger partial charge in [0.15, 0.2) is 0 Å². The van der Waals surface area contributed by atoms with Gasteiger partial charge in [-0.1, -0.05) is 121 Å². The molecule has 6 heteroatoms. The quantitative estimate of drug-likeness (QED) is 0.115. The number of hydrogen-bond acceptors (Lipinski definition) is 0. The monoisotopic (exact) mass is 1240 g/mol. The third-order valence-electron chi connectivity index (χ3n) is 9.63. The van der Waals surface area contributed by atoms with Crippen LogP contribution in [0.3, 0.4) is 0 Å². The second-order valence-electron chi connectivity index (χ2n) is 14.3. The number of rotatable bonds is 6. The predicted octanol–water partition coefficient (Wildman–Crippen LogP) is 14.3. The van der Waals surface area contributed by atoms with Crippen molar-refractivity contribution < 1.29 is 46.0 Å². The van der Waals surface area contributed by atoms with E-state index in [2.05, 4.69) is 244 Å². The first-order valence-corrected chi connectivity index (χ1v) is 35.8. The van der Waals surface area contributed by atoms with E-state index in [1.54, 1.807) is 10.4 Å². The van der Waals surface area contributed by atoms with E-state index in [9.17, 15) is 0 Å². The van der Waals surface area contributed by atoms with Gasteiger partial charge in [0.1, 0.15) is 0 Å². The summed E-state index contributed by atoms with van der Waals surface area (Å²) >= 11 is 2.72. The smallest absolute Gasteiger partial charge is 0.0623 e. The van der Waals surface area contributed by atoms with Gasteiger partial charge in [-0.15, -0.1) is 72.8 Å². The van der Waals surface area contributed by atoms with Crippen molar-refractivity contribution in [3.05, 3.63) is 277 Å². The van der Waals surface area contributed by atoms with Crippen molar-refractivity contribution in [2.75, 3.05) is 0 Å². The summed E-state index contributed by atoms with van der Waals surface area (Å²) in [5.41, 5.74) is 10.2. The van der Waals surface area contributed by atoms with Crippen LogP contribution < -0.4 is 10.4 Å². The summed E-state index contributed by atoms with van der Waals surface area (Å²) in [7, 11) is 0. The fourth-order valence-electron chi connectivity index (χ4n) is 6.29. The molecule has 10 rings (SSSR count). The van der Waals surface area contributed by atoms with Crippen LogP contribution in [0.15, 0.2) is 231 Å². The Balaban J connectivity index is 0.000000203.